The maximum atomic E-state index is 14.2. The minimum absolute atomic E-state index is 0.00684. The van der Waals surface area contributed by atoms with Crippen LogP contribution in [0.15, 0.2) is 42.5 Å². The van der Waals surface area contributed by atoms with Gasteiger partial charge in [0, 0.05) is 26.2 Å². The summed E-state index contributed by atoms with van der Waals surface area (Å²) in [4.78, 5) is 28.5. The third kappa shape index (κ3) is 4.16. The average molecular weight is 504 g/mol. The number of fused-ring (bicyclic) bond motifs is 2. The first kappa shape index (κ1) is 23.5. The number of anilines is 4. The molecular weight excluding hydrogens is 487 g/mol. The molecule has 1 fully saturated rings. The van der Waals surface area contributed by atoms with E-state index >= 15 is 0 Å². The van der Waals surface area contributed by atoms with E-state index < -0.39 is 40.8 Å². The number of carbonyl (C=O) groups excluding carboxylic acids is 2. The highest BCUT2D eigenvalue weighted by Crippen LogP contribution is 2.36. The van der Waals surface area contributed by atoms with Crippen molar-refractivity contribution >= 4 is 34.8 Å². The number of hydrogen-bond donors (Lipinski definition) is 2. The Morgan fingerprint density at radius 2 is 1.53 bits per heavy atom. The summed E-state index contributed by atoms with van der Waals surface area (Å²) in [7, 11) is 0. The fourth-order valence-electron chi connectivity index (χ4n) is 4.12. The molecule has 2 amide bonds. The summed E-state index contributed by atoms with van der Waals surface area (Å²) in [6.07, 6.45) is -4.66. The molecule has 1 aromatic heterocycles. The van der Waals surface area contributed by atoms with Gasteiger partial charge in [0.2, 0.25) is 0 Å². The van der Waals surface area contributed by atoms with Crippen LogP contribution in [0.3, 0.4) is 0 Å². The molecule has 3 heterocycles. The summed E-state index contributed by atoms with van der Waals surface area (Å²) < 4.78 is 68.3. The summed E-state index contributed by atoms with van der Waals surface area (Å²) in [5.41, 5.74) is -2.07. The highest BCUT2D eigenvalue weighted by molar-refractivity contribution is 6.11. The standard InChI is InChI=1S/C23H17F5N6O2/c24-15-5-6-16(25)19-18(15)29-20-13(21(35)30-19)11-17(31-32-20)33-7-9-34(10-8-33)22(36)12-3-1-2-4-14(12)23(26,27)28/h1-6,11H,7-10H2,(H,29,32)(H,30,35). The molecule has 36 heavy (non-hydrogen) atoms. The summed E-state index contributed by atoms with van der Waals surface area (Å²) in [6.45, 7) is 0.643. The quantitative estimate of drug-likeness (QED) is 0.512. The van der Waals surface area contributed by atoms with E-state index in [1.165, 1.54) is 23.1 Å². The zero-order valence-electron chi connectivity index (χ0n) is 18.4. The first-order chi connectivity index (χ1) is 17.1. The maximum Gasteiger partial charge on any atom is 0.417 e. The number of amides is 2. The molecule has 2 aromatic carbocycles. The lowest BCUT2D eigenvalue weighted by atomic mass is 10.1. The number of piperazine rings is 1. The predicted octanol–water partition coefficient (Wildman–Crippen LogP) is 4.05. The second-order valence-electron chi connectivity index (χ2n) is 8.15. The Morgan fingerprint density at radius 1 is 0.889 bits per heavy atom. The maximum absolute atomic E-state index is 14.2. The van der Waals surface area contributed by atoms with E-state index in [9.17, 15) is 31.5 Å². The van der Waals surface area contributed by atoms with Crippen molar-refractivity contribution in [2.75, 3.05) is 41.7 Å². The van der Waals surface area contributed by atoms with Crippen molar-refractivity contribution < 1.29 is 31.5 Å². The fraction of sp³-hybridized carbons (Fsp3) is 0.217. The van der Waals surface area contributed by atoms with Crippen molar-refractivity contribution in [3.63, 3.8) is 0 Å². The molecule has 0 atom stereocenters. The predicted molar refractivity (Wildman–Crippen MR) is 119 cm³/mol. The molecule has 2 N–H and O–H groups in total. The van der Waals surface area contributed by atoms with Gasteiger partial charge in [-0.05, 0) is 30.3 Å². The van der Waals surface area contributed by atoms with Crippen molar-refractivity contribution in [2.24, 2.45) is 0 Å². The Balaban J connectivity index is 1.33. The van der Waals surface area contributed by atoms with Crippen LogP contribution in [0.5, 0.6) is 0 Å². The number of alkyl halides is 3. The molecule has 8 nitrogen and oxygen atoms in total. The van der Waals surface area contributed by atoms with Crippen LogP contribution < -0.4 is 15.5 Å². The zero-order chi connectivity index (χ0) is 25.6. The van der Waals surface area contributed by atoms with Gasteiger partial charge >= 0.3 is 6.18 Å². The normalized spacial score (nSPS) is 15.4. The highest BCUT2D eigenvalue weighted by Gasteiger charge is 2.36. The molecule has 2 aliphatic rings. The van der Waals surface area contributed by atoms with Gasteiger partial charge in [0.15, 0.2) is 11.6 Å². The van der Waals surface area contributed by atoms with Gasteiger partial charge in [-0.25, -0.2) is 8.78 Å². The molecule has 13 heteroatoms. The number of carbonyl (C=O) groups is 2. The van der Waals surface area contributed by atoms with E-state index in [0.717, 1.165) is 24.3 Å². The topological polar surface area (TPSA) is 90.5 Å². The molecule has 0 saturated carbocycles. The van der Waals surface area contributed by atoms with Crippen LogP contribution >= 0.6 is 0 Å². The van der Waals surface area contributed by atoms with Crippen LogP contribution in [0, 0.1) is 11.6 Å². The van der Waals surface area contributed by atoms with Crippen LogP contribution in [-0.4, -0.2) is 53.1 Å². The van der Waals surface area contributed by atoms with Crippen molar-refractivity contribution in [1.82, 2.24) is 15.1 Å². The number of halogens is 5. The molecule has 3 aromatic rings. The van der Waals surface area contributed by atoms with Crippen LogP contribution in [0.2, 0.25) is 0 Å². The van der Waals surface area contributed by atoms with Crippen molar-refractivity contribution in [2.45, 2.75) is 6.18 Å². The van der Waals surface area contributed by atoms with E-state index in [0.29, 0.717) is 0 Å². The second-order valence-corrected chi connectivity index (χ2v) is 8.15. The van der Waals surface area contributed by atoms with Gasteiger partial charge in [0.1, 0.15) is 23.0 Å². The van der Waals surface area contributed by atoms with Crippen LogP contribution in [0.4, 0.5) is 45.0 Å². The van der Waals surface area contributed by atoms with E-state index in [2.05, 4.69) is 20.8 Å². The minimum atomic E-state index is -4.66. The molecular formula is C23H17F5N6O2. The Bertz CT molecular complexity index is 1370. The monoisotopic (exact) mass is 504 g/mol. The SMILES string of the molecule is O=C1Nc2c(F)ccc(F)c2Nc2nnc(N3CCN(C(=O)c4ccccc4C(F)(F)F)CC3)cc21. The van der Waals surface area contributed by atoms with Gasteiger partial charge < -0.3 is 20.4 Å². The Labute approximate surface area is 200 Å². The largest absolute Gasteiger partial charge is 0.417 e. The molecule has 0 spiro atoms. The highest BCUT2D eigenvalue weighted by atomic mass is 19.4. The first-order valence-corrected chi connectivity index (χ1v) is 10.8. The smallest absolute Gasteiger partial charge is 0.352 e. The average Bonchev–Trinajstić information content (AvgIpc) is 3.02. The third-order valence-electron chi connectivity index (χ3n) is 5.96. The number of rotatable bonds is 2. The Morgan fingerprint density at radius 3 is 2.19 bits per heavy atom. The van der Waals surface area contributed by atoms with Crippen molar-refractivity contribution in [1.29, 1.82) is 0 Å². The summed E-state index contributed by atoms with van der Waals surface area (Å²) >= 11 is 0. The van der Waals surface area contributed by atoms with Gasteiger partial charge in [-0.15, -0.1) is 10.2 Å². The van der Waals surface area contributed by atoms with Crippen molar-refractivity contribution in [3.8, 4) is 0 Å². The van der Waals surface area contributed by atoms with E-state index in [1.807, 2.05) is 0 Å². The number of hydrogen-bond acceptors (Lipinski definition) is 6. The van der Waals surface area contributed by atoms with Gasteiger partial charge in [-0.1, -0.05) is 12.1 Å². The Hall–Kier alpha value is -4.29. The number of benzene rings is 2. The summed E-state index contributed by atoms with van der Waals surface area (Å²) in [6, 6.07) is 7.79. The van der Waals surface area contributed by atoms with Crippen molar-refractivity contribution in [3.05, 3.63) is 70.8 Å². The van der Waals surface area contributed by atoms with E-state index in [-0.39, 0.29) is 54.8 Å². The minimum Gasteiger partial charge on any atom is -0.352 e. The lowest BCUT2D eigenvalue weighted by molar-refractivity contribution is -0.138. The van der Waals surface area contributed by atoms with Crippen LogP contribution in [-0.2, 0) is 6.18 Å². The summed E-state index contributed by atoms with van der Waals surface area (Å²) in [5.74, 6) is -2.90. The second kappa shape index (κ2) is 8.73. The van der Waals surface area contributed by atoms with Crippen LogP contribution in [0.25, 0.3) is 0 Å². The van der Waals surface area contributed by atoms with Gasteiger partial charge in [0.25, 0.3) is 11.8 Å². The summed E-state index contributed by atoms with van der Waals surface area (Å²) in [5, 5.41) is 12.9. The molecule has 0 unspecified atom stereocenters. The molecule has 5 rings (SSSR count). The lowest BCUT2D eigenvalue weighted by Crippen LogP contribution is -2.49. The fourth-order valence-corrected chi connectivity index (χ4v) is 4.12. The molecule has 2 aliphatic heterocycles. The van der Waals surface area contributed by atoms with Gasteiger partial charge in [0.05, 0.1) is 16.7 Å². The molecule has 0 aliphatic carbocycles. The molecule has 0 bridgehead atoms. The molecule has 0 radical (unpaired) electrons. The Kier molecular flexibility index (Phi) is 5.69. The van der Waals surface area contributed by atoms with Gasteiger partial charge in [-0.3, -0.25) is 9.59 Å². The number of nitrogens with one attached hydrogen (secondary N) is 2. The van der Waals surface area contributed by atoms with E-state index in [4.69, 9.17) is 0 Å². The van der Waals surface area contributed by atoms with Gasteiger partial charge in [-0.2, -0.15) is 13.2 Å². The third-order valence-corrected chi connectivity index (χ3v) is 5.96. The van der Waals surface area contributed by atoms with E-state index in [1.54, 1.807) is 4.90 Å². The zero-order valence-corrected chi connectivity index (χ0v) is 18.4. The van der Waals surface area contributed by atoms with Crippen LogP contribution in [0.1, 0.15) is 26.3 Å². The first-order valence-electron chi connectivity index (χ1n) is 10.8. The lowest BCUT2D eigenvalue weighted by Gasteiger charge is -2.35. The number of nitrogens with zero attached hydrogens (tertiary/aromatic N) is 4. The molecule has 1 saturated heterocycles. The molecule has 186 valence electrons. The number of aromatic nitrogens is 2.